The molecule has 3 N–H and O–H groups in total. The summed E-state index contributed by atoms with van der Waals surface area (Å²) >= 11 is 0. The predicted octanol–water partition coefficient (Wildman–Crippen LogP) is 3.95. The molecule has 4 heteroatoms. The van der Waals surface area contributed by atoms with Gasteiger partial charge in [-0.05, 0) is 31.0 Å². The zero-order valence-corrected chi connectivity index (χ0v) is 11.4. The molecule has 0 saturated carbocycles. The van der Waals surface area contributed by atoms with Crippen molar-refractivity contribution in [3.8, 4) is 0 Å². The minimum atomic E-state index is -0.335. The number of halogens is 1. The molecule has 2 rings (SSSR count). The summed E-state index contributed by atoms with van der Waals surface area (Å²) < 4.78 is 14.1. The molecular weight excluding hydrogens is 241 g/mol. The van der Waals surface area contributed by atoms with E-state index in [1.807, 2.05) is 12.1 Å². The summed E-state index contributed by atoms with van der Waals surface area (Å²) in [6.07, 6.45) is 4.68. The van der Waals surface area contributed by atoms with Crippen molar-refractivity contribution in [3.05, 3.63) is 30.2 Å². The van der Waals surface area contributed by atoms with Crippen molar-refractivity contribution in [1.82, 2.24) is 4.98 Å². The van der Waals surface area contributed by atoms with Gasteiger partial charge in [0.05, 0.1) is 11.2 Å². The van der Waals surface area contributed by atoms with Gasteiger partial charge in [0, 0.05) is 23.3 Å². The second-order valence-corrected chi connectivity index (χ2v) is 4.76. The molecule has 2 aromatic rings. The number of anilines is 2. The Balaban J connectivity index is 2.47. The van der Waals surface area contributed by atoms with Crippen LogP contribution in [0.3, 0.4) is 0 Å². The van der Waals surface area contributed by atoms with E-state index in [-0.39, 0.29) is 11.9 Å². The minimum Gasteiger partial charge on any atom is -0.398 e. The highest BCUT2D eigenvalue weighted by Gasteiger charge is 2.14. The van der Waals surface area contributed by atoms with E-state index in [4.69, 9.17) is 5.73 Å². The highest BCUT2D eigenvalue weighted by Crippen LogP contribution is 2.30. The third-order valence-electron chi connectivity index (χ3n) is 3.35. The van der Waals surface area contributed by atoms with Crippen molar-refractivity contribution >= 4 is 22.3 Å². The van der Waals surface area contributed by atoms with Crippen LogP contribution in [0.5, 0.6) is 0 Å². The predicted molar refractivity (Wildman–Crippen MR) is 78.7 cm³/mol. The van der Waals surface area contributed by atoms with E-state index in [0.29, 0.717) is 16.9 Å². The molecule has 0 bridgehead atoms. The number of nitrogens with one attached hydrogen (secondary N) is 1. The van der Waals surface area contributed by atoms with Crippen LogP contribution in [-0.4, -0.2) is 11.0 Å². The Morgan fingerprint density at radius 3 is 2.89 bits per heavy atom. The lowest BCUT2D eigenvalue weighted by atomic mass is 10.1. The fourth-order valence-corrected chi connectivity index (χ4v) is 2.31. The maximum Gasteiger partial charge on any atom is 0.150 e. The third-order valence-corrected chi connectivity index (χ3v) is 3.35. The highest BCUT2D eigenvalue weighted by atomic mass is 19.1. The summed E-state index contributed by atoms with van der Waals surface area (Å²) in [6.45, 7) is 4.22. The third kappa shape index (κ3) is 2.78. The van der Waals surface area contributed by atoms with E-state index < -0.39 is 0 Å². The molecule has 3 nitrogen and oxygen atoms in total. The van der Waals surface area contributed by atoms with Crippen molar-refractivity contribution < 1.29 is 4.39 Å². The van der Waals surface area contributed by atoms with Crippen LogP contribution in [0.1, 0.15) is 33.1 Å². The van der Waals surface area contributed by atoms with Crippen LogP contribution in [-0.2, 0) is 0 Å². The minimum absolute atomic E-state index is 0.258. The van der Waals surface area contributed by atoms with Gasteiger partial charge >= 0.3 is 0 Å². The topological polar surface area (TPSA) is 50.9 Å². The standard InChI is InChI=1S/C15H20FN3/c1-3-6-10(4-2)19-15-12(16)9-13(17)11-7-5-8-18-14(11)15/h5,7-10,19H,3-4,6,17H2,1-2H3. The van der Waals surface area contributed by atoms with Gasteiger partial charge in [-0.3, -0.25) is 4.98 Å². The maximum absolute atomic E-state index is 14.1. The van der Waals surface area contributed by atoms with E-state index in [1.165, 1.54) is 6.07 Å². The van der Waals surface area contributed by atoms with Crippen molar-refractivity contribution in [2.45, 2.75) is 39.2 Å². The van der Waals surface area contributed by atoms with Crippen molar-refractivity contribution in [2.24, 2.45) is 0 Å². The van der Waals surface area contributed by atoms with Crippen LogP contribution in [0.15, 0.2) is 24.4 Å². The number of hydrogen-bond donors (Lipinski definition) is 2. The van der Waals surface area contributed by atoms with E-state index in [2.05, 4.69) is 24.1 Å². The van der Waals surface area contributed by atoms with Crippen molar-refractivity contribution in [1.29, 1.82) is 0 Å². The number of nitrogens with two attached hydrogens (primary N) is 1. The zero-order valence-electron chi connectivity index (χ0n) is 11.4. The summed E-state index contributed by atoms with van der Waals surface area (Å²) in [5.41, 5.74) is 7.33. The molecule has 0 aliphatic carbocycles. The van der Waals surface area contributed by atoms with Gasteiger partial charge in [0.25, 0.3) is 0 Å². The quantitative estimate of drug-likeness (QED) is 0.801. The van der Waals surface area contributed by atoms with E-state index in [1.54, 1.807) is 6.20 Å². The second kappa shape index (κ2) is 5.87. The summed E-state index contributed by atoms with van der Waals surface area (Å²) in [5.74, 6) is -0.335. The summed E-state index contributed by atoms with van der Waals surface area (Å²) in [4.78, 5) is 4.27. The number of nitrogens with zero attached hydrogens (tertiary/aromatic N) is 1. The molecule has 19 heavy (non-hydrogen) atoms. The lowest BCUT2D eigenvalue weighted by Gasteiger charge is -2.19. The van der Waals surface area contributed by atoms with Gasteiger partial charge in [-0.15, -0.1) is 0 Å². The van der Waals surface area contributed by atoms with Gasteiger partial charge in [0.2, 0.25) is 0 Å². The lowest BCUT2D eigenvalue weighted by molar-refractivity contribution is 0.600. The second-order valence-electron chi connectivity index (χ2n) is 4.76. The molecule has 1 unspecified atom stereocenters. The molecule has 0 aliphatic rings. The van der Waals surface area contributed by atoms with E-state index in [9.17, 15) is 4.39 Å². The number of fused-ring (bicyclic) bond motifs is 1. The van der Waals surface area contributed by atoms with Crippen LogP contribution in [0.25, 0.3) is 10.9 Å². The normalized spacial score (nSPS) is 12.6. The number of pyridine rings is 1. The van der Waals surface area contributed by atoms with Crippen LogP contribution in [0.4, 0.5) is 15.8 Å². The van der Waals surface area contributed by atoms with Crippen LogP contribution >= 0.6 is 0 Å². The Morgan fingerprint density at radius 2 is 2.21 bits per heavy atom. The molecule has 0 radical (unpaired) electrons. The smallest absolute Gasteiger partial charge is 0.150 e. The van der Waals surface area contributed by atoms with Crippen molar-refractivity contribution in [2.75, 3.05) is 11.1 Å². The Bertz CT molecular complexity index is 569. The number of rotatable bonds is 5. The van der Waals surface area contributed by atoms with Crippen LogP contribution in [0, 0.1) is 5.82 Å². The first-order valence-corrected chi connectivity index (χ1v) is 6.76. The van der Waals surface area contributed by atoms with E-state index >= 15 is 0 Å². The molecule has 0 saturated heterocycles. The van der Waals surface area contributed by atoms with Gasteiger partial charge in [0.15, 0.2) is 5.82 Å². The largest absolute Gasteiger partial charge is 0.398 e. The first-order chi connectivity index (χ1) is 9.17. The van der Waals surface area contributed by atoms with E-state index in [0.717, 1.165) is 24.6 Å². The molecular formula is C15H20FN3. The van der Waals surface area contributed by atoms with Gasteiger partial charge < -0.3 is 11.1 Å². The van der Waals surface area contributed by atoms with Crippen LogP contribution in [0.2, 0.25) is 0 Å². The SMILES string of the molecule is CCCC(CC)Nc1c(F)cc(N)c2cccnc12. The maximum atomic E-state index is 14.1. The fraction of sp³-hybridized carbons (Fsp3) is 0.400. The van der Waals surface area contributed by atoms with Crippen LogP contribution < -0.4 is 11.1 Å². The number of hydrogen-bond acceptors (Lipinski definition) is 3. The molecule has 0 aliphatic heterocycles. The Hall–Kier alpha value is -1.84. The fourth-order valence-electron chi connectivity index (χ4n) is 2.31. The molecule has 1 aromatic carbocycles. The molecule has 1 atom stereocenters. The molecule has 0 fully saturated rings. The molecule has 1 aromatic heterocycles. The molecule has 0 spiro atoms. The highest BCUT2D eigenvalue weighted by molar-refractivity contribution is 5.98. The molecule has 0 amide bonds. The zero-order chi connectivity index (χ0) is 13.8. The number of nitrogen functional groups attached to an aromatic ring is 1. The molecule has 102 valence electrons. The first kappa shape index (κ1) is 13.6. The number of aromatic nitrogens is 1. The Kier molecular flexibility index (Phi) is 4.20. The summed E-state index contributed by atoms with van der Waals surface area (Å²) in [6, 6.07) is 5.30. The summed E-state index contributed by atoms with van der Waals surface area (Å²) in [5, 5.41) is 4.06. The Morgan fingerprint density at radius 1 is 1.42 bits per heavy atom. The van der Waals surface area contributed by atoms with Gasteiger partial charge in [-0.2, -0.15) is 0 Å². The average Bonchev–Trinajstić information content (AvgIpc) is 2.42. The van der Waals surface area contributed by atoms with Gasteiger partial charge in [0.1, 0.15) is 0 Å². The molecule has 1 heterocycles. The van der Waals surface area contributed by atoms with Crippen molar-refractivity contribution in [3.63, 3.8) is 0 Å². The Labute approximate surface area is 113 Å². The monoisotopic (exact) mass is 261 g/mol. The van der Waals surface area contributed by atoms with Gasteiger partial charge in [-0.1, -0.05) is 20.3 Å². The van der Waals surface area contributed by atoms with Gasteiger partial charge in [-0.25, -0.2) is 4.39 Å². The first-order valence-electron chi connectivity index (χ1n) is 6.76. The number of benzene rings is 1. The lowest BCUT2D eigenvalue weighted by Crippen LogP contribution is -2.19. The summed E-state index contributed by atoms with van der Waals surface area (Å²) in [7, 11) is 0. The average molecular weight is 261 g/mol.